The molecular formula is C12H18ClN3. The van der Waals surface area contributed by atoms with Crippen molar-refractivity contribution in [1.29, 1.82) is 0 Å². The van der Waals surface area contributed by atoms with Gasteiger partial charge in [0.25, 0.3) is 0 Å². The van der Waals surface area contributed by atoms with Crippen LogP contribution in [-0.4, -0.2) is 23.1 Å². The number of halogens is 1. The van der Waals surface area contributed by atoms with Gasteiger partial charge in [0.1, 0.15) is 5.82 Å². The van der Waals surface area contributed by atoms with Crippen molar-refractivity contribution in [2.24, 2.45) is 0 Å². The van der Waals surface area contributed by atoms with Gasteiger partial charge in [0, 0.05) is 19.2 Å². The van der Waals surface area contributed by atoms with Crippen molar-refractivity contribution < 1.29 is 0 Å². The Balaban J connectivity index is 2.25. The molecular weight excluding hydrogens is 222 g/mol. The van der Waals surface area contributed by atoms with Gasteiger partial charge < -0.3 is 4.90 Å². The van der Waals surface area contributed by atoms with Crippen LogP contribution in [0.3, 0.4) is 0 Å². The third kappa shape index (κ3) is 2.64. The first-order chi connectivity index (χ1) is 7.66. The Hall–Kier alpha value is -0.830. The first-order valence-electron chi connectivity index (χ1n) is 5.96. The van der Waals surface area contributed by atoms with Crippen molar-refractivity contribution in [3.8, 4) is 0 Å². The van der Waals surface area contributed by atoms with E-state index in [2.05, 4.69) is 34.8 Å². The lowest BCUT2D eigenvalue weighted by atomic mass is 10.1. The van der Waals surface area contributed by atoms with Gasteiger partial charge in [0.05, 0.1) is 5.69 Å². The lowest BCUT2D eigenvalue weighted by Crippen LogP contribution is -2.30. The minimum absolute atomic E-state index is 0.367. The van der Waals surface area contributed by atoms with E-state index in [1.54, 1.807) is 0 Å². The Labute approximate surface area is 102 Å². The second kappa shape index (κ2) is 5.00. The van der Waals surface area contributed by atoms with Crippen molar-refractivity contribution in [3.05, 3.63) is 17.0 Å². The van der Waals surface area contributed by atoms with Crippen LogP contribution < -0.4 is 4.90 Å². The molecule has 0 unspecified atom stereocenters. The largest absolute Gasteiger partial charge is 0.356 e. The normalized spacial score (nSPS) is 16.9. The van der Waals surface area contributed by atoms with Gasteiger partial charge in [-0.2, -0.15) is 0 Å². The highest BCUT2D eigenvalue weighted by Crippen LogP contribution is 2.22. The fourth-order valence-corrected chi connectivity index (χ4v) is 2.19. The van der Waals surface area contributed by atoms with Crippen LogP contribution in [0.5, 0.6) is 0 Å². The van der Waals surface area contributed by atoms with E-state index < -0.39 is 0 Å². The standard InChI is InChI=1S/C12H18ClN3/c1-9(2)10-8-11(15-12(13)14-10)16-6-4-3-5-7-16/h8-9H,3-7H2,1-2H3. The first-order valence-corrected chi connectivity index (χ1v) is 6.34. The van der Waals surface area contributed by atoms with Crippen LogP contribution in [0.2, 0.25) is 5.28 Å². The van der Waals surface area contributed by atoms with E-state index in [9.17, 15) is 0 Å². The number of aromatic nitrogens is 2. The highest BCUT2D eigenvalue weighted by molar-refractivity contribution is 6.28. The zero-order valence-electron chi connectivity index (χ0n) is 9.91. The van der Waals surface area contributed by atoms with E-state index in [-0.39, 0.29) is 0 Å². The van der Waals surface area contributed by atoms with Gasteiger partial charge in [-0.1, -0.05) is 13.8 Å². The SMILES string of the molecule is CC(C)c1cc(N2CCCCC2)nc(Cl)n1. The number of nitrogens with zero attached hydrogens (tertiary/aromatic N) is 3. The highest BCUT2D eigenvalue weighted by Gasteiger charge is 2.14. The van der Waals surface area contributed by atoms with Crippen LogP contribution in [0.4, 0.5) is 5.82 Å². The van der Waals surface area contributed by atoms with Gasteiger partial charge in [0.2, 0.25) is 5.28 Å². The van der Waals surface area contributed by atoms with Crippen molar-refractivity contribution in [1.82, 2.24) is 9.97 Å². The van der Waals surface area contributed by atoms with E-state index in [1.165, 1.54) is 19.3 Å². The van der Waals surface area contributed by atoms with Gasteiger partial charge in [-0.05, 0) is 36.8 Å². The molecule has 0 bridgehead atoms. The molecule has 0 aromatic carbocycles. The number of rotatable bonds is 2. The molecule has 3 nitrogen and oxygen atoms in total. The Bertz CT molecular complexity index is 359. The smallest absolute Gasteiger partial charge is 0.224 e. The summed E-state index contributed by atoms with van der Waals surface area (Å²) in [5.74, 6) is 1.38. The second-order valence-corrected chi connectivity index (χ2v) is 4.96. The molecule has 2 rings (SSSR count). The molecule has 0 aliphatic carbocycles. The van der Waals surface area contributed by atoms with Crippen LogP contribution in [0.25, 0.3) is 0 Å². The molecule has 0 saturated carbocycles. The van der Waals surface area contributed by atoms with E-state index in [0.717, 1.165) is 24.6 Å². The van der Waals surface area contributed by atoms with Gasteiger partial charge in [-0.25, -0.2) is 9.97 Å². The Kier molecular flexibility index (Phi) is 3.64. The summed E-state index contributed by atoms with van der Waals surface area (Å²) in [7, 11) is 0. The van der Waals surface area contributed by atoms with Gasteiger partial charge in [-0.3, -0.25) is 0 Å². The quantitative estimate of drug-likeness (QED) is 0.742. The Morgan fingerprint density at radius 1 is 1.19 bits per heavy atom. The zero-order valence-corrected chi connectivity index (χ0v) is 10.7. The summed E-state index contributed by atoms with van der Waals surface area (Å²) in [6.07, 6.45) is 3.82. The van der Waals surface area contributed by atoms with Crippen molar-refractivity contribution in [2.75, 3.05) is 18.0 Å². The first kappa shape index (κ1) is 11.6. The predicted molar refractivity (Wildman–Crippen MR) is 67.2 cm³/mol. The predicted octanol–water partition coefficient (Wildman–Crippen LogP) is 3.24. The fraction of sp³-hybridized carbons (Fsp3) is 0.667. The molecule has 0 N–H and O–H groups in total. The minimum atomic E-state index is 0.367. The Morgan fingerprint density at radius 2 is 1.88 bits per heavy atom. The average Bonchev–Trinajstić information content (AvgIpc) is 2.29. The van der Waals surface area contributed by atoms with Crippen LogP contribution in [-0.2, 0) is 0 Å². The topological polar surface area (TPSA) is 29.0 Å². The molecule has 16 heavy (non-hydrogen) atoms. The van der Waals surface area contributed by atoms with Crippen LogP contribution in [0.1, 0.15) is 44.7 Å². The van der Waals surface area contributed by atoms with Crippen LogP contribution >= 0.6 is 11.6 Å². The zero-order chi connectivity index (χ0) is 11.5. The van der Waals surface area contributed by atoms with E-state index in [1.807, 2.05) is 0 Å². The van der Waals surface area contributed by atoms with E-state index in [4.69, 9.17) is 11.6 Å². The third-order valence-corrected chi connectivity index (χ3v) is 3.15. The maximum atomic E-state index is 5.96. The van der Waals surface area contributed by atoms with Gasteiger partial charge in [0.15, 0.2) is 0 Å². The Morgan fingerprint density at radius 3 is 2.50 bits per heavy atom. The molecule has 0 spiro atoms. The molecule has 1 aromatic rings. The minimum Gasteiger partial charge on any atom is -0.356 e. The lowest BCUT2D eigenvalue weighted by molar-refractivity contribution is 0.572. The molecule has 2 heterocycles. The fourth-order valence-electron chi connectivity index (χ4n) is 2.00. The molecule has 1 fully saturated rings. The number of piperidine rings is 1. The number of hydrogen-bond acceptors (Lipinski definition) is 3. The van der Waals surface area contributed by atoms with Crippen molar-refractivity contribution in [3.63, 3.8) is 0 Å². The number of anilines is 1. The summed E-state index contributed by atoms with van der Waals surface area (Å²) < 4.78 is 0. The molecule has 0 atom stereocenters. The monoisotopic (exact) mass is 239 g/mol. The van der Waals surface area contributed by atoms with Crippen LogP contribution in [0, 0.1) is 0 Å². The van der Waals surface area contributed by atoms with Crippen molar-refractivity contribution in [2.45, 2.75) is 39.0 Å². The van der Waals surface area contributed by atoms with Gasteiger partial charge >= 0.3 is 0 Å². The summed E-state index contributed by atoms with van der Waals surface area (Å²) in [6, 6.07) is 2.07. The lowest BCUT2D eigenvalue weighted by Gasteiger charge is -2.28. The summed E-state index contributed by atoms with van der Waals surface area (Å²) in [5, 5.41) is 0.367. The molecule has 0 amide bonds. The maximum Gasteiger partial charge on any atom is 0.224 e. The summed E-state index contributed by atoms with van der Waals surface area (Å²) >= 11 is 5.96. The summed E-state index contributed by atoms with van der Waals surface area (Å²) in [6.45, 7) is 6.42. The van der Waals surface area contributed by atoms with Gasteiger partial charge in [-0.15, -0.1) is 0 Å². The average molecular weight is 240 g/mol. The third-order valence-electron chi connectivity index (χ3n) is 2.98. The molecule has 1 saturated heterocycles. The van der Waals surface area contributed by atoms with Crippen molar-refractivity contribution >= 4 is 17.4 Å². The van der Waals surface area contributed by atoms with E-state index >= 15 is 0 Å². The van der Waals surface area contributed by atoms with Crippen LogP contribution in [0.15, 0.2) is 6.07 Å². The second-order valence-electron chi connectivity index (χ2n) is 4.62. The summed E-state index contributed by atoms with van der Waals surface area (Å²) in [4.78, 5) is 10.9. The number of hydrogen-bond donors (Lipinski definition) is 0. The maximum absolute atomic E-state index is 5.96. The van der Waals surface area contributed by atoms with E-state index in [0.29, 0.717) is 11.2 Å². The molecule has 1 aliphatic rings. The molecule has 88 valence electrons. The molecule has 4 heteroatoms. The molecule has 1 aliphatic heterocycles. The summed E-state index contributed by atoms with van der Waals surface area (Å²) in [5.41, 5.74) is 1.03. The molecule has 0 radical (unpaired) electrons. The highest BCUT2D eigenvalue weighted by atomic mass is 35.5. The molecule has 1 aromatic heterocycles.